The number of benzene rings is 3. The summed E-state index contributed by atoms with van der Waals surface area (Å²) in [7, 11) is 0. The van der Waals surface area contributed by atoms with E-state index in [-0.39, 0.29) is 34.6 Å². The van der Waals surface area contributed by atoms with Crippen molar-refractivity contribution < 1.29 is 47.3 Å². The minimum atomic E-state index is -1.16. The van der Waals surface area contributed by atoms with Gasteiger partial charge in [-0.2, -0.15) is 10.00 Å². The fourth-order valence-electron chi connectivity index (χ4n) is 7.69. The summed E-state index contributed by atoms with van der Waals surface area (Å²) in [4.78, 5) is 61.4. The van der Waals surface area contributed by atoms with Gasteiger partial charge in [-0.15, -0.1) is 0 Å². The monoisotopic (exact) mass is 957 g/mol. The predicted octanol–water partition coefficient (Wildman–Crippen LogP) is 11.9. The molecule has 0 N–H and O–H groups in total. The first-order valence-electron chi connectivity index (χ1n) is 21.9. The van der Waals surface area contributed by atoms with E-state index in [0.29, 0.717) is 43.4 Å². The van der Waals surface area contributed by atoms with Crippen molar-refractivity contribution >= 4 is 56.7 Å². The van der Waals surface area contributed by atoms with Gasteiger partial charge in [0.05, 0.1) is 27.4 Å². The molecular weight excluding hydrogens is 901 g/mol. The van der Waals surface area contributed by atoms with Crippen molar-refractivity contribution in [1.82, 2.24) is 19.2 Å². The maximum absolute atomic E-state index is 15.3. The minimum Gasteiger partial charge on any atom is -0.489 e. The Morgan fingerprint density at radius 2 is 1.40 bits per heavy atom. The number of likely N-dealkylation sites (tertiary alicyclic amines) is 1. The number of ether oxygens (including phenoxy) is 5. The van der Waals surface area contributed by atoms with Gasteiger partial charge in [0.15, 0.2) is 17.4 Å². The van der Waals surface area contributed by atoms with Crippen LogP contribution in [0.15, 0.2) is 71.3 Å². The fourth-order valence-corrected chi connectivity index (χ4v) is 8.12. The summed E-state index contributed by atoms with van der Waals surface area (Å²) in [6.07, 6.45) is 3.51. The van der Waals surface area contributed by atoms with Gasteiger partial charge in [-0.3, -0.25) is 4.79 Å². The summed E-state index contributed by atoms with van der Waals surface area (Å²) in [6, 6.07) is 16.5. The quantitative estimate of drug-likeness (QED) is 0.103. The Bertz CT molecular complexity index is 2600. The number of imide groups is 1. The highest BCUT2D eigenvalue weighted by Crippen LogP contribution is 2.38. The van der Waals surface area contributed by atoms with Crippen LogP contribution in [0.25, 0.3) is 16.6 Å². The summed E-state index contributed by atoms with van der Waals surface area (Å²) >= 11 is 3.67. The van der Waals surface area contributed by atoms with Crippen LogP contribution in [0.5, 0.6) is 17.2 Å². The maximum Gasteiger partial charge on any atom is 0.425 e. The van der Waals surface area contributed by atoms with E-state index in [4.69, 9.17) is 23.7 Å². The molecular formula is C49H57BrFN5O9. The van der Waals surface area contributed by atoms with Crippen molar-refractivity contribution in [1.29, 1.82) is 0 Å². The van der Waals surface area contributed by atoms with Crippen LogP contribution < -0.4 is 14.4 Å². The molecule has 5 aromatic rings. The number of para-hydroxylation sites is 1. The molecule has 2 amide bonds. The van der Waals surface area contributed by atoms with Gasteiger partial charge in [0.2, 0.25) is 5.78 Å². The number of anilines is 1. The predicted molar refractivity (Wildman–Crippen MR) is 247 cm³/mol. The Morgan fingerprint density at radius 1 is 0.769 bits per heavy atom. The van der Waals surface area contributed by atoms with Crippen LogP contribution in [0.3, 0.4) is 0 Å². The van der Waals surface area contributed by atoms with E-state index in [1.807, 2.05) is 0 Å². The van der Waals surface area contributed by atoms with Gasteiger partial charge in [-0.25, -0.2) is 28.0 Å². The molecule has 3 aromatic carbocycles. The molecule has 16 heteroatoms. The van der Waals surface area contributed by atoms with Crippen molar-refractivity contribution in [3.05, 3.63) is 94.0 Å². The van der Waals surface area contributed by atoms with Crippen LogP contribution in [0.4, 0.5) is 24.6 Å². The van der Waals surface area contributed by atoms with E-state index < -0.39 is 46.7 Å². The molecule has 14 nitrogen and oxygen atoms in total. The highest BCUT2D eigenvalue weighted by molar-refractivity contribution is 9.10. The van der Waals surface area contributed by atoms with E-state index in [2.05, 4.69) is 25.9 Å². The summed E-state index contributed by atoms with van der Waals surface area (Å²) in [6.45, 7) is 18.6. The molecule has 3 heterocycles. The lowest BCUT2D eigenvalue weighted by Crippen LogP contribution is -2.46. The lowest BCUT2D eigenvalue weighted by atomic mass is 9.90. The molecule has 0 unspecified atom stereocenters. The van der Waals surface area contributed by atoms with Gasteiger partial charge in [0.25, 0.3) is 0 Å². The number of rotatable bonds is 9. The second-order valence-corrected chi connectivity index (χ2v) is 20.4. The molecule has 1 aliphatic carbocycles. The van der Waals surface area contributed by atoms with Gasteiger partial charge >= 0.3 is 18.3 Å². The highest BCUT2D eigenvalue weighted by Gasteiger charge is 2.40. The van der Waals surface area contributed by atoms with Crippen LogP contribution in [0.2, 0.25) is 0 Å². The highest BCUT2D eigenvalue weighted by atomic mass is 79.9. The van der Waals surface area contributed by atoms with Gasteiger partial charge in [0, 0.05) is 24.5 Å². The zero-order valence-corrected chi connectivity index (χ0v) is 40.2. The van der Waals surface area contributed by atoms with E-state index in [0.717, 1.165) is 25.9 Å². The van der Waals surface area contributed by atoms with Crippen LogP contribution in [-0.4, -0.2) is 85.3 Å². The largest absolute Gasteiger partial charge is 0.489 e. The molecule has 0 spiro atoms. The molecule has 7 rings (SSSR count). The second kappa shape index (κ2) is 18.3. The first-order valence-corrected chi connectivity index (χ1v) is 22.7. The molecule has 0 radical (unpaired) electrons. The Kier molecular flexibility index (Phi) is 13.3. The van der Waals surface area contributed by atoms with Crippen LogP contribution in [-0.2, 0) is 14.2 Å². The molecule has 0 atom stereocenters. The van der Waals surface area contributed by atoms with Crippen LogP contribution in [0, 0.1) is 12.7 Å². The number of hydrogen-bond donors (Lipinski definition) is 0. The molecule has 346 valence electrons. The lowest BCUT2D eigenvalue weighted by Gasteiger charge is -2.41. The van der Waals surface area contributed by atoms with Crippen molar-refractivity contribution in [2.75, 3.05) is 18.0 Å². The third-order valence-corrected chi connectivity index (χ3v) is 11.5. The van der Waals surface area contributed by atoms with Gasteiger partial charge < -0.3 is 28.6 Å². The second-order valence-electron chi connectivity index (χ2n) is 19.5. The van der Waals surface area contributed by atoms with Gasteiger partial charge in [0.1, 0.15) is 40.1 Å². The number of ketones is 1. The fraction of sp³-hybridized carbons (Fsp3) is 0.449. The van der Waals surface area contributed by atoms with Crippen molar-refractivity contribution in [2.45, 2.75) is 130 Å². The van der Waals surface area contributed by atoms with Gasteiger partial charge in [-0.05, 0) is 165 Å². The van der Waals surface area contributed by atoms with E-state index in [1.165, 1.54) is 46.8 Å². The number of amides is 2. The zero-order chi connectivity index (χ0) is 47.2. The number of carbonyl (C=O) groups is 4. The summed E-state index contributed by atoms with van der Waals surface area (Å²) in [5.74, 6) is -0.808. The number of fused-ring (bicyclic) bond motifs is 1. The lowest BCUT2D eigenvalue weighted by molar-refractivity contribution is 0.0425. The first-order chi connectivity index (χ1) is 30.5. The number of hydrogen-bond acceptors (Lipinski definition) is 11. The number of carbonyl (C=O) groups excluding carboxylic acids is 4. The number of halogens is 2. The zero-order valence-electron chi connectivity index (χ0n) is 38.6. The summed E-state index contributed by atoms with van der Waals surface area (Å²) < 4.78 is 47.4. The number of nitrogens with zero attached hydrogens (tertiary/aromatic N) is 5. The van der Waals surface area contributed by atoms with E-state index in [9.17, 15) is 18.8 Å². The first kappa shape index (κ1) is 47.2. The summed E-state index contributed by atoms with van der Waals surface area (Å²) in [5.41, 5.74) is -2.41. The molecule has 1 saturated heterocycles. The molecule has 2 aliphatic rings. The molecule has 65 heavy (non-hydrogen) atoms. The Labute approximate surface area is 387 Å². The number of aryl methyl sites for hydroxylation is 1. The topological polar surface area (TPSA) is 144 Å². The molecule has 2 aromatic heterocycles. The Morgan fingerprint density at radius 3 is 1.97 bits per heavy atom. The molecule has 0 bridgehead atoms. The minimum absolute atomic E-state index is 0.00710. The normalized spacial score (nSPS) is 15.3. The van der Waals surface area contributed by atoms with Crippen molar-refractivity contribution in [3.63, 3.8) is 0 Å². The Hall–Kier alpha value is -5.74. The van der Waals surface area contributed by atoms with E-state index in [1.54, 1.807) is 118 Å². The van der Waals surface area contributed by atoms with Crippen molar-refractivity contribution in [3.8, 4) is 22.9 Å². The number of piperidine rings is 1. The smallest absolute Gasteiger partial charge is 0.425 e. The number of aromatic nitrogens is 3. The molecule has 1 saturated carbocycles. The van der Waals surface area contributed by atoms with Gasteiger partial charge in [-0.1, -0.05) is 18.6 Å². The van der Waals surface area contributed by atoms with Crippen LogP contribution in [0.1, 0.15) is 116 Å². The SMILES string of the molecule is Cc1cc(-n2ncc(C(=O)c3cc4cc(OC5CCN(C6CCC6)CC5)c(Br)cc4n3C(=O)OC(C)(C)C)c2N(C(=O)OC(C)(C)C)C(=O)OC(C)(C)C)ccc1Oc1ccccc1F. The van der Waals surface area contributed by atoms with E-state index >= 15 is 4.79 Å². The Balaban J connectivity index is 1.36. The molecule has 2 fully saturated rings. The maximum atomic E-state index is 15.3. The standard InChI is InChI=1S/C49H57BrFN5O9/c1-29-24-32(18-19-39(29)62-40-17-12-11-16-36(40)51)56-43(55(45(59)64-48(5,6)7)46(60)65-49(8,9)10)34(28-52-56)42(57)38-25-30-26-41(61-33-20-22-53(23-21-33)31-14-13-15-31)35(50)27-37(30)54(38)44(58)63-47(2,3)4/h11-12,16-19,24-28,31,33H,13-15,20-23H2,1-10H3. The molecule has 1 aliphatic heterocycles. The van der Waals surface area contributed by atoms with Crippen LogP contribution >= 0.6 is 15.9 Å². The third kappa shape index (κ3) is 10.9. The van der Waals surface area contributed by atoms with Crippen molar-refractivity contribution in [2.24, 2.45) is 0 Å². The average molecular weight is 959 g/mol. The third-order valence-electron chi connectivity index (χ3n) is 10.8. The average Bonchev–Trinajstić information content (AvgIpc) is 3.76. The summed E-state index contributed by atoms with van der Waals surface area (Å²) in [5, 5.41) is 5.06.